The Hall–Kier alpha value is -3.53. The molecular weight excluding hydrogens is 296 g/mol. The molecule has 7 nitrogen and oxygen atoms in total. The molecule has 0 aliphatic heterocycles. The maximum absolute atomic E-state index is 12.1. The average molecular weight is 308 g/mol. The van der Waals surface area contributed by atoms with Crippen molar-refractivity contribution in [1.29, 1.82) is 5.26 Å². The maximum Gasteiger partial charge on any atom is 0.357 e. The van der Waals surface area contributed by atoms with Gasteiger partial charge in [-0.3, -0.25) is 4.79 Å². The molecule has 0 bridgehead atoms. The highest BCUT2D eigenvalue weighted by atomic mass is 16.5. The number of anilines is 1. The predicted molar refractivity (Wildman–Crippen MR) is 84.4 cm³/mol. The van der Waals surface area contributed by atoms with Gasteiger partial charge in [0, 0.05) is 17.6 Å². The van der Waals surface area contributed by atoms with Crippen molar-refractivity contribution in [3.63, 3.8) is 0 Å². The first kappa shape index (κ1) is 14.4. The van der Waals surface area contributed by atoms with Crippen molar-refractivity contribution in [3.05, 3.63) is 58.1 Å². The van der Waals surface area contributed by atoms with Crippen LogP contribution in [0.5, 0.6) is 0 Å². The van der Waals surface area contributed by atoms with Crippen LogP contribution in [0.25, 0.3) is 16.6 Å². The minimum atomic E-state index is -0.667. The number of pyridine rings is 1. The lowest BCUT2D eigenvalue weighted by Crippen LogP contribution is -2.12. The summed E-state index contributed by atoms with van der Waals surface area (Å²) in [6, 6.07) is 10.3. The molecule has 3 rings (SSSR count). The minimum absolute atomic E-state index is 0.0367. The van der Waals surface area contributed by atoms with Crippen LogP contribution in [-0.2, 0) is 4.74 Å². The Kier molecular flexibility index (Phi) is 3.35. The van der Waals surface area contributed by atoms with E-state index in [1.54, 1.807) is 18.2 Å². The van der Waals surface area contributed by atoms with E-state index in [-0.39, 0.29) is 22.5 Å². The number of carbonyl (C=O) groups is 1. The predicted octanol–water partition coefficient (Wildman–Crippen LogP) is 1.56. The first-order valence-electron chi connectivity index (χ1n) is 6.68. The molecule has 114 valence electrons. The summed E-state index contributed by atoms with van der Waals surface area (Å²) in [5.41, 5.74) is 6.90. The Morgan fingerprint density at radius 3 is 2.83 bits per heavy atom. The summed E-state index contributed by atoms with van der Waals surface area (Å²) in [4.78, 5) is 26.4. The number of para-hydroxylation sites is 1. The second-order valence-electron chi connectivity index (χ2n) is 4.84. The molecular formula is C16H12N4O3. The molecule has 0 saturated heterocycles. The highest BCUT2D eigenvalue weighted by molar-refractivity contribution is 5.97. The van der Waals surface area contributed by atoms with E-state index in [2.05, 4.69) is 4.98 Å². The number of nitrogens with two attached hydrogens (primary N) is 1. The van der Waals surface area contributed by atoms with Gasteiger partial charge >= 0.3 is 5.97 Å². The van der Waals surface area contributed by atoms with E-state index >= 15 is 0 Å². The molecule has 3 N–H and O–H groups in total. The van der Waals surface area contributed by atoms with Gasteiger partial charge in [0.25, 0.3) is 0 Å². The van der Waals surface area contributed by atoms with E-state index in [4.69, 9.17) is 15.7 Å². The van der Waals surface area contributed by atoms with Gasteiger partial charge in [0.2, 0.25) is 5.56 Å². The molecule has 0 aliphatic rings. The Balaban J connectivity index is 2.40. The number of nitriles is 1. The zero-order valence-corrected chi connectivity index (χ0v) is 12.2. The third-order valence-electron chi connectivity index (χ3n) is 3.54. The van der Waals surface area contributed by atoms with E-state index in [0.29, 0.717) is 11.2 Å². The molecule has 0 unspecified atom stereocenters. The van der Waals surface area contributed by atoms with Gasteiger partial charge in [-0.2, -0.15) is 5.26 Å². The third-order valence-corrected chi connectivity index (χ3v) is 3.54. The summed E-state index contributed by atoms with van der Waals surface area (Å²) in [7, 11) is 1.23. The number of nitrogens with one attached hydrogen (secondary N) is 1. The van der Waals surface area contributed by atoms with E-state index in [0.717, 1.165) is 5.39 Å². The molecule has 0 radical (unpaired) electrons. The van der Waals surface area contributed by atoms with Crippen molar-refractivity contribution in [3.8, 4) is 11.8 Å². The third kappa shape index (κ3) is 2.22. The molecule has 0 amide bonds. The maximum atomic E-state index is 12.1. The fourth-order valence-corrected chi connectivity index (χ4v) is 2.47. The number of hydrogen-bond donors (Lipinski definition) is 2. The second-order valence-corrected chi connectivity index (χ2v) is 4.84. The Labute approximate surface area is 130 Å². The standard InChI is InChI=1S/C16H12N4O3/c1-23-16(22)15-13(18)10(7-17)8-20(15)11-4-2-3-9-5-6-12(21)19-14(9)11/h2-6,8H,18H2,1H3,(H,19,21). The number of rotatable bonds is 2. The zero-order chi connectivity index (χ0) is 16.6. The van der Waals surface area contributed by atoms with Crippen molar-refractivity contribution in [1.82, 2.24) is 9.55 Å². The van der Waals surface area contributed by atoms with Gasteiger partial charge in [0.15, 0.2) is 5.69 Å². The quantitative estimate of drug-likeness (QED) is 0.697. The minimum Gasteiger partial charge on any atom is -0.464 e. The summed E-state index contributed by atoms with van der Waals surface area (Å²) in [6.07, 6.45) is 1.45. The van der Waals surface area contributed by atoms with Crippen LogP contribution in [-0.4, -0.2) is 22.6 Å². The number of esters is 1. The fourth-order valence-electron chi connectivity index (χ4n) is 2.47. The molecule has 7 heteroatoms. The summed E-state index contributed by atoms with van der Waals surface area (Å²) in [5.74, 6) is -0.667. The lowest BCUT2D eigenvalue weighted by Gasteiger charge is -2.11. The summed E-state index contributed by atoms with van der Waals surface area (Å²) in [5, 5.41) is 9.94. The van der Waals surface area contributed by atoms with Crippen molar-refractivity contribution in [2.24, 2.45) is 0 Å². The molecule has 3 aromatic rings. The SMILES string of the molecule is COC(=O)c1c(N)c(C#N)cn1-c1cccc2ccc(=O)[nH]c12. The van der Waals surface area contributed by atoms with Gasteiger partial charge in [0.05, 0.1) is 29.6 Å². The Morgan fingerprint density at radius 1 is 1.35 bits per heavy atom. The Morgan fingerprint density at radius 2 is 2.13 bits per heavy atom. The number of nitrogen functional groups attached to an aromatic ring is 1. The number of methoxy groups -OCH3 is 1. The van der Waals surface area contributed by atoms with Gasteiger partial charge in [-0.1, -0.05) is 12.1 Å². The topological polar surface area (TPSA) is 114 Å². The second kappa shape index (κ2) is 5.35. The molecule has 1 aromatic carbocycles. The molecule has 0 saturated carbocycles. The number of H-pyrrole nitrogens is 1. The van der Waals surface area contributed by atoms with Crippen LogP contribution in [0, 0.1) is 11.3 Å². The fraction of sp³-hybridized carbons (Fsp3) is 0.0625. The van der Waals surface area contributed by atoms with E-state index in [1.165, 1.54) is 23.9 Å². The molecule has 2 aromatic heterocycles. The molecule has 0 fully saturated rings. The highest BCUT2D eigenvalue weighted by Gasteiger charge is 2.22. The van der Waals surface area contributed by atoms with E-state index < -0.39 is 5.97 Å². The van der Waals surface area contributed by atoms with Crippen LogP contribution in [0.1, 0.15) is 16.1 Å². The number of nitrogens with zero attached hydrogens (tertiary/aromatic N) is 2. The lowest BCUT2D eigenvalue weighted by atomic mass is 10.2. The van der Waals surface area contributed by atoms with Crippen LogP contribution in [0.15, 0.2) is 41.3 Å². The number of aromatic nitrogens is 2. The van der Waals surface area contributed by atoms with Gasteiger partial charge in [-0.15, -0.1) is 0 Å². The summed E-state index contributed by atoms with van der Waals surface area (Å²) < 4.78 is 6.21. The van der Waals surface area contributed by atoms with Crippen LogP contribution >= 0.6 is 0 Å². The molecule has 2 heterocycles. The van der Waals surface area contributed by atoms with Crippen LogP contribution in [0.4, 0.5) is 5.69 Å². The van der Waals surface area contributed by atoms with Gasteiger partial charge in [-0.05, 0) is 12.1 Å². The van der Waals surface area contributed by atoms with Crippen LogP contribution in [0.3, 0.4) is 0 Å². The monoisotopic (exact) mass is 308 g/mol. The van der Waals surface area contributed by atoms with Gasteiger partial charge in [0.1, 0.15) is 6.07 Å². The van der Waals surface area contributed by atoms with Crippen LogP contribution in [0.2, 0.25) is 0 Å². The zero-order valence-electron chi connectivity index (χ0n) is 12.2. The number of aromatic amines is 1. The largest absolute Gasteiger partial charge is 0.464 e. The molecule has 0 spiro atoms. The van der Waals surface area contributed by atoms with Crippen molar-refractivity contribution in [2.45, 2.75) is 0 Å². The van der Waals surface area contributed by atoms with Crippen molar-refractivity contribution >= 4 is 22.6 Å². The molecule has 0 aliphatic carbocycles. The Bertz CT molecular complexity index is 1020. The number of ether oxygens (including phenoxy) is 1. The number of benzene rings is 1. The smallest absolute Gasteiger partial charge is 0.357 e. The normalized spacial score (nSPS) is 10.4. The van der Waals surface area contributed by atoms with Crippen molar-refractivity contribution < 1.29 is 9.53 Å². The number of fused-ring (bicyclic) bond motifs is 1. The van der Waals surface area contributed by atoms with Gasteiger partial charge in [-0.25, -0.2) is 4.79 Å². The first-order valence-corrected chi connectivity index (χ1v) is 6.68. The molecule has 23 heavy (non-hydrogen) atoms. The summed E-state index contributed by atoms with van der Waals surface area (Å²) >= 11 is 0. The van der Waals surface area contributed by atoms with Crippen LogP contribution < -0.4 is 11.3 Å². The van der Waals surface area contributed by atoms with Crippen molar-refractivity contribution in [2.75, 3.05) is 12.8 Å². The average Bonchev–Trinajstić information content (AvgIpc) is 2.90. The number of carbonyl (C=O) groups excluding carboxylic acids is 1. The first-order chi connectivity index (χ1) is 11.1. The van der Waals surface area contributed by atoms with E-state index in [9.17, 15) is 9.59 Å². The number of hydrogen-bond acceptors (Lipinski definition) is 5. The summed E-state index contributed by atoms with van der Waals surface area (Å²) in [6.45, 7) is 0. The van der Waals surface area contributed by atoms with Gasteiger partial charge < -0.3 is 20.0 Å². The highest BCUT2D eigenvalue weighted by Crippen LogP contribution is 2.27. The lowest BCUT2D eigenvalue weighted by molar-refractivity contribution is 0.0593. The molecule has 0 atom stereocenters. The van der Waals surface area contributed by atoms with E-state index in [1.807, 2.05) is 12.1 Å².